The lowest BCUT2D eigenvalue weighted by molar-refractivity contribution is -0.171. The first-order valence-corrected chi connectivity index (χ1v) is 17.9. The van der Waals surface area contributed by atoms with Gasteiger partial charge in [-0.1, -0.05) is 39.2 Å². The fraction of sp³-hybridized carbons (Fsp3) is 0.395. The van der Waals surface area contributed by atoms with Crippen molar-refractivity contribution in [3.63, 3.8) is 0 Å². The number of hydrogen-bond acceptors (Lipinski definition) is 10. The predicted octanol–water partition coefficient (Wildman–Crippen LogP) is 5.03. The van der Waals surface area contributed by atoms with E-state index in [0.29, 0.717) is 29.2 Å². The Labute approximate surface area is 324 Å². The largest absolute Gasteiger partial charge is 0.493 e. The van der Waals surface area contributed by atoms with Crippen LogP contribution in [0.4, 0.5) is 13.2 Å². The van der Waals surface area contributed by atoms with Gasteiger partial charge < -0.3 is 40.2 Å². The first-order chi connectivity index (χ1) is 27.0. The number of unbranched alkanes of at least 4 members (excludes halogenated alkanes) is 2. The van der Waals surface area contributed by atoms with Crippen LogP contribution < -0.4 is 20.7 Å². The maximum absolute atomic E-state index is 13.5. The fourth-order valence-electron chi connectivity index (χ4n) is 5.66. The minimum absolute atomic E-state index is 0.0263. The highest BCUT2D eigenvalue weighted by Gasteiger charge is 2.34. The van der Waals surface area contributed by atoms with Crippen LogP contribution in [0.1, 0.15) is 96.1 Å². The number of carboxylic acid groups (broad SMARTS) is 2. The standard InChI is InChI=1S/C38H43F3N4O12/c1-4-7-8-9-25(28(5-2)45(21-46)57-37(54)22-10-13-24(14-11-22)38(39,40)41)33(49)42-20-43-35(51)30-17-16-29(56-30)23-12-15-26(31(18-23)55-6-3)34(50)44-27(36(52)53)19-32(47)48/h10-18,21,25,27-28H,4-9,19-20H2,1-3H3,(H,42,49)(H,43,51)(H,44,50)(H,47,48)(H,52,53). The zero-order valence-corrected chi connectivity index (χ0v) is 31.2. The summed E-state index contributed by atoms with van der Waals surface area (Å²) in [6, 6.07) is 7.54. The molecule has 3 aromatic rings. The molecule has 0 radical (unpaired) electrons. The molecule has 0 fully saturated rings. The lowest BCUT2D eigenvalue weighted by Crippen LogP contribution is -2.49. The second-order valence-electron chi connectivity index (χ2n) is 12.5. The lowest BCUT2D eigenvalue weighted by Gasteiger charge is -2.31. The highest BCUT2D eigenvalue weighted by Crippen LogP contribution is 2.31. The third-order valence-electron chi connectivity index (χ3n) is 8.54. The van der Waals surface area contributed by atoms with Crippen LogP contribution in [0.15, 0.2) is 59.0 Å². The highest BCUT2D eigenvalue weighted by molar-refractivity contribution is 6.00. The number of carbonyl (C=O) groups excluding carboxylic acids is 5. The van der Waals surface area contributed by atoms with E-state index < -0.39 is 71.8 Å². The third-order valence-corrected chi connectivity index (χ3v) is 8.54. The Morgan fingerprint density at radius 1 is 0.912 bits per heavy atom. The number of nitrogens with one attached hydrogen (secondary N) is 3. The van der Waals surface area contributed by atoms with Gasteiger partial charge in [0.1, 0.15) is 17.6 Å². The SMILES string of the molecule is CCCCCC(C(=O)NCNC(=O)c1ccc(-c2ccc(C(=O)NC(CC(=O)O)C(=O)O)c(OCC)c2)o1)C(CC)N(C=O)OC(=O)c1ccc(C(F)(F)F)cc1. The number of carbonyl (C=O) groups is 7. The Morgan fingerprint density at radius 2 is 1.61 bits per heavy atom. The molecule has 308 valence electrons. The van der Waals surface area contributed by atoms with Crippen molar-refractivity contribution in [3.05, 3.63) is 77.0 Å². The summed E-state index contributed by atoms with van der Waals surface area (Å²) in [5.41, 5.74) is -0.946. The normalized spacial score (nSPS) is 12.7. The summed E-state index contributed by atoms with van der Waals surface area (Å²) in [5, 5.41) is 26.2. The summed E-state index contributed by atoms with van der Waals surface area (Å²) < 4.78 is 50.2. The Kier molecular flexibility index (Phi) is 16.6. The number of amides is 4. The maximum atomic E-state index is 13.5. The molecule has 0 saturated heterocycles. The average molecular weight is 805 g/mol. The number of ether oxygens (including phenoxy) is 1. The monoisotopic (exact) mass is 804 g/mol. The number of rotatable bonds is 22. The molecule has 0 aliphatic carbocycles. The minimum atomic E-state index is -4.62. The van der Waals surface area contributed by atoms with Crippen molar-refractivity contribution in [1.82, 2.24) is 21.0 Å². The van der Waals surface area contributed by atoms with Crippen LogP contribution in [0, 0.1) is 5.92 Å². The van der Waals surface area contributed by atoms with Crippen LogP contribution in [0.2, 0.25) is 0 Å². The fourth-order valence-corrected chi connectivity index (χ4v) is 5.66. The summed E-state index contributed by atoms with van der Waals surface area (Å²) >= 11 is 0. The first kappa shape index (κ1) is 45.0. The van der Waals surface area contributed by atoms with Gasteiger partial charge in [0.25, 0.3) is 11.8 Å². The van der Waals surface area contributed by atoms with Crippen molar-refractivity contribution in [2.24, 2.45) is 5.92 Å². The summed E-state index contributed by atoms with van der Waals surface area (Å²) in [6.45, 7) is 4.97. The molecule has 5 N–H and O–H groups in total. The molecule has 3 rings (SSSR count). The molecule has 2 aromatic carbocycles. The van der Waals surface area contributed by atoms with Gasteiger partial charge >= 0.3 is 24.1 Å². The number of halogens is 3. The summed E-state index contributed by atoms with van der Waals surface area (Å²) in [7, 11) is 0. The molecular formula is C38H43F3N4O12. The van der Waals surface area contributed by atoms with Gasteiger partial charge in [0.2, 0.25) is 12.3 Å². The zero-order chi connectivity index (χ0) is 42.3. The molecule has 0 spiro atoms. The maximum Gasteiger partial charge on any atom is 0.416 e. The predicted molar refractivity (Wildman–Crippen MR) is 193 cm³/mol. The number of hydrogen-bond donors (Lipinski definition) is 5. The van der Waals surface area contributed by atoms with Crippen molar-refractivity contribution in [1.29, 1.82) is 0 Å². The van der Waals surface area contributed by atoms with Crippen molar-refractivity contribution in [2.45, 2.75) is 77.6 Å². The molecule has 1 aromatic heterocycles. The van der Waals surface area contributed by atoms with Gasteiger partial charge in [-0.05, 0) is 68.3 Å². The Hall–Kier alpha value is -6.40. The van der Waals surface area contributed by atoms with Gasteiger partial charge in [-0.2, -0.15) is 18.2 Å². The third kappa shape index (κ3) is 12.8. The molecule has 3 atom stereocenters. The first-order valence-electron chi connectivity index (χ1n) is 17.9. The Bertz CT molecular complexity index is 1900. The molecule has 16 nitrogen and oxygen atoms in total. The van der Waals surface area contributed by atoms with E-state index in [1.165, 1.54) is 30.3 Å². The van der Waals surface area contributed by atoms with Gasteiger partial charge in [-0.3, -0.25) is 24.0 Å². The number of furan rings is 1. The van der Waals surface area contributed by atoms with E-state index in [9.17, 15) is 51.8 Å². The van der Waals surface area contributed by atoms with Crippen LogP contribution in [-0.2, 0) is 30.2 Å². The number of carboxylic acids is 2. The van der Waals surface area contributed by atoms with E-state index >= 15 is 0 Å². The number of aliphatic carboxylic acids is 2. The van der Waals surface area contributed by atoms with E-state index in [2.05, 4.69) is 16.0 Å². The smallest absolute Gasteiger partial charge is 0.416 e. The van der Waals surface area contributed by atoms with Crippen LogP contribution in [-0.4, -0.2) is 82.7 Å². The summed E-state index contributed by atoms with van der Waals surface area (Å²) in [4.78, 5) is 91.9. The summed E-state index contributed by atoms with van der Waals surface area (Å²) in [5.74, 6) is -7.16. The van der Waals surface area contributed by atoms with E-state index in [1.807, 2.05) is 6.92 Å². The van der Waals surface area contributed by atoms with Crippen LogP contribution in [0.5, 0.6) is 5.75 Å². The molecule has 0 saturated carbocycles. The number of hydroxylamine groups is 2. The highest BCUT2D eigenvalue weighted by atomic mass is 19.4. The van der Waals surface area contributed by atoms with E-state index in [4.69, 9.17) is 19.1 Å². The van der Waals surface area contributed by atoms with E-state index in [0.717, 1.165) is 25.0 Å². The molecule has 1 heterocycles. The van der Waals surface area contributed by atoms with Gasteiger partial charge in [0.15, 0.2) is 5.76 Å². The van der Waals surface area contributed by atoms with Crippen LogP contribution >= 0.6 is 0 Å². The van der Waals surface area contributed by atoms with Crippen molar-refractivity contribution < 1.29 is 70.9 Å². The van der Waals surface area contributed by atoms with E-state index in [-0.39, 0.29) is 60.9 Å². The molecule has 0 aliphatic rings. The molecule has 0 aliphatic heterocycles. The van der Waals surface area contributed by atoms with Crippen molar-refractivity contribution in [3.8, 4) is 17.1 Å². The van der Waals surface area contributed by atoms with Crippen LogP contribution in [0.3, 0.4) is 0 Å². The second-order valence-corrected chi connectivity index (χ2v) is 12.5. The van der Waals surface area contributed by atoms with E-state index in [1.54, 1.807) is 13.8 Å². The number of benzene rings is 2. The molecule has 19 heteroatoms. The van der Waals surface area contributed by atoms with Crippen molar-refractivity contribution >= 4 is 42.0 Å². The molecule has 57 heavy (non-hydrogen) atoms. The van der Waals surface area contributed by atoms with Crippen LogP contribution in [0.25, 0.3) is 11.3 Å². The topological polar surface area (TPSA) is 231 Å². The Balaban J connectivity index is 1.69. The second kappa shape index (κ2) is 21.1. The quantitative estimate of drug-likeness (QED) is 0.0390. The Morgan fingerprint density at radius 3 is 2.19 bits per heavy atom. The van der Waals surface area contributed by atoms with Gasteiger partial charge in [-0.25, -0.2) is 9.59 Å². The average Bonchev–Trinajstić information content (AvgIpc) is 3.67. The van der Waals surface area contributed by atoms with Gasteiger partial charge in [-0.15, -0.1) is 0 Å². The summed E-state index contributed by atoms with van der Waals surface area (Å²) in [6.07, 6.45) is -2.74. The molecule has 3 unspecified atom stereocenters. The zero-order valence-electron chi connectivity index (χ0n) is 31.2. The lowest BCUT2D eigenvalue weighted by atomic mass is 9.90. The van der Waals surface area contributed by atoms with Gasteiger partial charge in [0.05, 0.1) is 48.3 Å². The van der Waals surface area contributed by atoms with Gasteiger partial charge in [0, 0.05) is 5.56 Å². The number of nitrogens with zero attached hydrogens (tertiary/aromatic N) is 1. The molecular weight excluding hydrogens is 761 g/mol. The molecule has 0 bridgehead atoms. The molecule has 4 amide bonds. The minimum Gasteiger partial charge on any atom is -0.493 e. The number of alkyl halides is 3. The van der Waals surface area contributed by atoms with Crippen molar-refractivity contribution in [2.75, 3.05) is 13.3 Å².